The molecule has 2 aromatic heterocycles. The second-order valence-corrected chi connectivity index (χ2v) is 6.83. The summed E-state index contributed by atoms with van der Waals surface area (Å²) in [5, 5.41) is 10.0. The number of urea groups is 1. The first-order valence-corrected chi connectivity index (χ1v) is 9.11. The Hall–Kier alpha value is -3.23. The maximum Gasteiger partial charge on any atom is 0.328 e. The number of nitrogens with one attached hydrogen (secondary N) is 2. The fourth-order valence-corrected chi connectivity index (χ4v) is 3.29. The van der Waals surface area contributed by atoms with E-state index in [0.29, 0.717) is 23.5 Å². The predicted molar refractivity (Wildman–Crippen MR) is 108 cm³/mol. The predicted octanol–water partition coefficient (Wildman–Crippen LogP) is 1.91. The largest absolute Gasteiger partial charge is 0.494 e. The van der Waals surface area contributed by atoms with E-state index in [1.165, 1.54) is 11.7 Å². The summed E-state index contributed by atoms with van der Waals surface area (Å²) in [7, 11) is 4.92. The summed E-state index contributed by atoms with van der Waals surface area (Å²) in [6, 6.07) is 5.19. The number of aromatic nitrogens is 4. The second kappa shape index (κ2) is 7.79. The minimum atomic E-state index is -0.327. The fourth-order valence-electron chi connectivity index (χ4n) is 3.29. The lowest BCUT2D eigenvalue weighted by Gasteiger charge is -2.12. The molecule has 0 aliphatic heterocycles. The van der Waals surface area contributed by atoms with Crippen LogP contribution in [0.1, 0.15) is 17.8 Å². The molecule has 28 heavy (non-hydrogen) atoms. The van der Waals surface area contributed by atoms with Crippen molar-refractivity contribution in [1.29, 1.82) is 0 Å². The first-order valence-electron chi connectivity index (χ1n) is 9.11. The molecule has 2 amide bonds. The highest BCUT2D eigenvalue weighted by atomic mass is 16.5. The number of anilines is 1. The number of carbonyl (C=O) groups is 1. The van der Waals surface area contributed by atoms with E-state index in [0.717, 1.165) is 29.9 Å². The molecule has 0 saturated heterocycles. The molecule has 2 heterocycles. The van der Waals surface area contributed by atoms with Crippen LogP contribution in [-0.2, 0) is 20.6 Å². The van der Waals surface area contributed by atoms with Gasteiger partial charge in [-0.15, -0.1) is 0 Å². The second-order valence-electron chi connectivity index (χ2n) is 6.83. The standard InChI is InChI=1S/C19H26N6O3/c1-12-9-13(2)25(22-12)8-6-7-20-18(26)21-14-10-15-16(11-17(14)28-5)24(4)19(27)23(15)3/h9-11H,6-8H2,1-5H3,(H2,20,21,26). The Bertz CT molecular complexity index is 1080. The van der Waals surface area contributed by atoms with Crippen molar-refractivity contribution < 1.29 is 9.53 Å². The lowest BCUT2D eigenvalue weighted by molar-refractivity contribution is 0.251. The van der Waals surface area contributed by atoms with Crippen LogP contribution < -0.4 is 21.1 Å². The highest BCUT2D eigenvalue weighted by Crippen LogP contribution is 2.29. The van der Waals surface area contributed by atoms with Gasteiger partial charge >= 0.3 is 11.7 Å². The van der Waals surface area contributed by atoms with E-state index in [9.17, 15) is 9.59 Å². The SMILES string of the molecule is COc1cc2c(cc1NC(=O)NCCCn1nc(C)cc1C)n(C)c(=O)n2C. The third kappa shape index (κ3) is 3.73. The number of carbonyl (C=O) groups excluding carboxylic acids is 1. The van der Waals surface area contributed by atoms with Crippen molar-refractivity contribution in [3.8, 4) is 5.75 Å². The number of hydrogen-bond donors (Lipinski definition) is 2. The molecule has 9 heteroatoms. The first-order chi connectivity index (χ1) is 13.3. The molecule has 150 valence electrons. The third-order valence-electron chi connectivity index (χ3n) is 4.78. The molecule has 0 aliphatic rings. The van der Waals surface area contributed by atoms with Crippen molar-refractivity contribution in [3.05, 3.63) is 40.1 Å². The Kier molecular flexibility index (Phi) is 5.43. The number of fused-ring (bicyclic) bond motifs is 1. The van der Waals surface area contributed by atoms with Crippen LogP contribution in [-0.4, -0.2) is 38.6 Å². The maximum absolute atomic E-state index is 12.3. The Morgan fingerprint density at radius 3 is 2.43 bits per heavy atom. The number of ether oxygens (including phenoxy) is 1. The van der Waals surface area contributed by atoms with E-state index < -0.39 is 0 Å². The van der Waals surface area contributed by atoms with Gasteiger partial charge in [0.2, 0.25) is 0 Å². The van der Waals surface area contributed by atoms with Crippen molar-refractivity contribution in [3.63, 3.8) is 0 Å². The summed E-state index contributed by atoms with van der Waals surface area (Å²) in [6.45, 7) is 5.22. The monoisotopic (exact) mass is 386 g/mol. The highest BCUT2D eigenvalue weighted by Gasteiger charge is 2.14. The third-order valence-corrected chi connectivity index (χ3v) is 4.78. The van der Waals surface area contributed by atoms with Crippen LogP contribution in [0.4, 0.5) is 10.5 Å². The van der Waals surface area contributed by atoms with Crippen LogP contribution in [0.15, 0.2) is 23.0 Å². The van der Waals surface area contributed by atoms with Crippen LogP contribution >= 0.6 is 0 Å². The molecule has 0 atom stereocenters. The zero-order valence-corrected chi connectivity index (χ0v) is 16.9. The van der Waals surface area contributed by atoms with Crippen LogP contribution in [0.5, 0.6) is 5.75 Å². The summed E-state index contributed by atoms with van der Waals surface area (Å²) in [4.78, 5) is 24.4. The van der Waals surface area contributed by atoms with Gasteiger partial charge in [0.15, 0.2) is 0 Å². The van der Waals surface area contributed by atoms with Crippen molar-refractivity contribution in [2.75, 3.05) is 19.0 Å². The molecule has 0 fully saturated rings. The number of amides is 2. The van der Waals surface area contributed by atoms with Gasteiger partial charge in [-0.3, -0.25) is 13.8 Å². The number of hydrogen-bond acceptors (Lipinski definition) is 4. The summed E-state index contributed by atoms with van der Waals surface area (Å²) in [6.07, 6.45) is 0.763. The molecular weight excluding hydrogens is 360 g/mol. The van der Waals surface area contributed by atoms with Gasteiger partial charge in [-0.1, -0.05) is 0 Å². The lowest BCUT2D eigenvalue weighted by atomic mass is 10.2. The van der Waals surface area contributed by atoms with Crippen LogP contribution in [0.3, 0.4) is 0 Å². The number of benzene rings is 1. The van der Waals surface area contributed by atoms with Crippen molar-refractivity contribution in [1.82, 2.24) is 24.2 Å². The Morgan fingerprint density at radius 1 is 1.14 bits per heavy atom. The Balaban J connectivity index is 1.64. The number of methoxy groups -OCH3 is 1. The zero-order chi connectivity index (χ0) is 20.4. The summed E-state index contributed by atoms with van der Waals surface area (Å²) < 4.78 is 10.4. The minimum absolute atomic E-state index is 0.136. The molecule has 0 saturated carbocycles. The van der Waals surface area contributed by atoms with Crippen LogP contribution in [0.25, 0.3) is 11.0 Å². The molecule has 0 unspecified atom stereocenters. The molecule has 0 spiro atoms. The van der Waals surface area contributed by atoms with E-state index in [1.807, 2.05) is 24.6 Å². The van der Waals surface area contributed by atoms with Gasteiger partial charge in [0.1, 0.15) is 5.75 Å². The minimum Gasteiger partial charge on any atom is -0.494 e. The molecule has 2 N–H and O–H groups in total. The van der Waals surface area contributed by atoms with E-state index >= 15 is 0 Å². The number of nitrogens with zero attached hydrogens (tertiary/aromatic N) is 4. The van der Waals surface area contributed by atoms with Crippen molar-refractivity contribution >= 4 is 22.8 Å². The van der Waals surface area contributed by atoms with E-state index in [1.54, 1.807) is 30.8 Å². The zero-order valence-electron chi connectivity index (χ0n) is 16.9. The lowest BCUT2D eigenvalue weighted by Crippen LogP contribution is -2.30. The molecule has 3 rings (SSSR count). The van der Waals surface area contributed by atoms with Crippen LogP contribution in [0.2, 0.25) is 0 Å². The topological polar surface area (TPSA) is 95.1 Å². The smallest absolute Gasteiger partial charge is 0.328 e. The van der Waals surface area contributed by atoms with Crippen molar-refractivity contribution in [2.24, 2.45) is 14.1 Å². The van der Waals surface area contributed by atoms with Gasteiger partial charge in [-0.05, 0) is 32.4 Å². The highest BCUT2D eigenvalue weighted by molar-refractivity contribution is 5.94. The number of aryl methyl sites for hydroxylation is 5. The fraction of sp³-hybridized carbons (Fsp3) is 0.421. The number of rotatable bonds is 6. The first kappa shape index (κ1) is 19.5. The molecule has 0 radical (unpaired) electrons. The Morgan fingerprint density at radius 2 is 1.82 bits per heavy atom. The quantitative estimate of drug-likeness (QED) is 0.633. The van der Waals surface area contributed by atoms with Gasteiger partial charge in [0.05, 0.1) is 29.5 Å². The average molecular weight is 386 g/mol. The average Bonchev–Trinajstić information content (AvgIpc) is 3.09. The molecule has 1 aromatic carbocycles. The number of imidazole rings is 1. The van der Waals surface area contributed by atoms with Crippen LogP contribution in [0, 0.1) is 13.8 Å². The molecule has 0 bridgehead atoms. The van der Waals surface area contributed by atoms with Gasteiger partial charge in [-0.2, -0.15) is 5.10 Å². The van der Waals surface area contributed by atoms with E-state index in [-0.39, 0.29) is 11.7 Å². The van der Waals surface area contributed by atoms with E-state index in [4.69, 9.17) is 4.74 Å². The van der Waals surface area contributed by atoms with Crippen molar-refractivity contribution in [2.45, 2.75) is 26.8 Å². The van der Waals surface area contributed by atoms with Gasteiger partial charge in [0.25, 0.3) is 0 Å². The van der Waals surface area contributed by atoms with Gasteiger partial charge in [-0.25, -0.2) is 9.59 Å². The normalized spacial score (nSPS) is 11.0. The molecular formula is C19H26N6O3. The molecule has 0 aliphatic carbocycles. The summed E-state index contributed by atoms with van der Waals surface area (Å²) in [5.74, 6) is 0.492. The van der Waals surface area contributed by atoms with Gasteiger partial charge < -0.3 is 15.4 Å². The maximum atomic E-state index is 12.3. The van der Waals surface area contributed by atoms with E-state index in [2.05, 4.69) is 15.7 Å². The van der Waals surface area contributed by atoms with Gasteiger partial charge in [0, 0.05) is 38.9 Å². The summed E-state index contributed by atoms with van der Waals surface area (Å²) in [5.41, 5.74) is 3.91. The summed E-state index contributed by atoms with van der Waals surface area (Å²) >= 11 is 0. The Labute approximate surface area is 162 Å². The molecule has 3 aromatic rings. The molecule has 9 nitrogen and oxygen atoms in total.